The third kappa shape index (κ3) is 3.73. The summed E-state index contributed by atoms with van der Waals surface area (Å²) in [6, 6.07) is 17.7. The molecule has 7 heteroatoms. The first-order chi connectivity index (χ1) is 13.2. The number of ether oxygens (including phenoxy) is 1. The second kappa shape index (κ2) is 7.67. The molecule has 0 fully saturated rings. The minimum absolute atomic E-state index is 0.294. The fraction of sp³-hybridized carbons (Fsp3) is 0.100. The van der Waals surface area contributed by atoms with Gasteiger partial charge in [0.15, 0.2) is 10.9 Å². The molecular weight excluding hydrogens is 365 g/mol. The highest BCUT2D eigenvalue weighted by Gasteiger charge is 2.18. The van der Waals surface area contributed by atoms with Crippen molar-refractivity contribution in [3.8, 4) is 23.0 Å². The first-order valence-electron chi connectivity index (χ1n) is 8.25. The first kappa shape index (κ1) is 17.4. The zero-order chi connectivity index (χ0) is 18.6. The molecule has 4 rings (SSSR count). The van der Waals surface area contributed by atoms with Crippen LogP contribution in [0.25, 0.3) is 17.3 Å². The fourth-order valence-corrected chi connectivity index (χ4v) is 3.56. The zero-order valence-electron chi connectivity index (χ0n) is 14.5. The molecule has 2 heterocycles. The number of rotatable bonds is 6. The van der Waals surface area contributed by atoms with Gasteiger partial charge >= 0.3 is 0 Å². The smallest absolute Gasteiger partial charge is 0.205 e. The van der Waals surface area contributed by atoms with Gasteiger partial charge < -0.3 is 9.15 Å². The Labute approximate surface area is 159 Å². The van der Waals surface area contributed by atoms with Crippen molar-refractivity contribution in [2.75, 3.05) is 7.11 Å². The number of aromatic nitrogens is 3. The number of nitrogens with zero attached hydrogens (tertiary/aromatic N) is 3. The van der Waals surface area contributed by atoms with Gasteiger partial charge in [0, 0.05) is 5.75 Å². The number of halogens is 1. The molecule has 0 spiro atoms. The van der Waals surface area contributed by atoms with E-state index in [1.54, 1.807) is 31.6 Å². The summed E-state index contributed by atoms with van der Waals surface area (Å²) in [7, 11) is 1.65. The molecule has 27 heavy (non-hydrogen) atoms. The highest BCUT2D eigenvalue weighted by atomic mass is 32.2. The van der Waals surface area contributed by atoms with Gasteiger partial charge in [0.1, 0.15) is 11.6 Å². The van der Waals surface area contributed by atoms with Crippen LogP contribution in [0, 0.1) is 5.82 Å². The molecule has 0 atom stereocenters. The number of benzene rings is 2. The van der Waals surface area contributed by atoms with E-state index in [2.05, 4.69) is 10.2 Å². The summed E-state index contributed by atoms with van der Waals surface area (Å²) in [6.45, 7) is 0. The van der Waals surface area contributed by atoms with Gasteiger partial charge in [-0.15, -0.1) is 10.2 Å². The topological polar surface area (TPSA) is 53.1 Å². The van der Waals surface area contributed by atoms with Gasteiger partial charge in [0.05, 0.1) is 19.1 Å². The molecule has 0 aliphatic heterocycles. The Morgan fingerprint density at radius 1 is 1.07 bits per heavy atom. The highest BCUT2D eigenvalue weighted by Crippen LogP contribution is 2.30. The van der Waals surface area contributed by atoms with Crippen molar-refractivity contribution in [1.29, 1.82) is 0 Å². The van der Waals surface area contributed by atoms with Crippen LogP contribution in [0.3, 0.4) is 0 Å². The average Bonchev–Trinajstić information content (AvgIpc) is 3.37. The van der Waals surface area contributed by atoms with Crippen LogP contribution in [0.5, 0.6) is 5.75 Å². The molecule has 0 N–H and O–H groups in total. The van der Waals surface area contributed by atoms with Crippen LogP contribution in [0.15, 0.2) is 76.5 Å². The van der Waals surface area contributed by atoms with Crippen molar-refractivity contribution >= 4 is 11.8 Å². The second-order valence-electron chi connectivity index (χ2n) is 5.74. The highest BCUT2D eigenvalue weighted by molar-refractivity contribution is 7.98. The summed E-state index contributed by atoms with van der Waals surface area (Å²) in [6.07, 6.45) is 1.59. The molecule has 0 aliphatic carbocycles. The molecule has 0 aliphatic rings. The largest absolute Gasteiger partial charge is 0.497 e. The molecule has 2 aromatic heterocycles. The SMILES string of the molecule is COc1cccc(CSc2nnc(-c3ccco3)n2-c2ccc(F)cc2)c1. The predicted octanol–water partition coefficient (Wildman–Crippen LogP) is 4.97. The molecule has 0 saturated heterocycles. The molecule has 2 aromatic carbocycles. The Hall–Kier alpha value is -3.06. The van der Waals surface area contributed by atoms with E-state index in [0.29, 0.717) is 22.5 Å². The van der Waals surface area contributed by atoms with Crippen LogP contribution in [0.1, 0.15) is 5.56 Å². The van der Waals surface area contributed by atoms with E-state index in [9.17, 15) is 4.39 Å². The maximum Gasteiger partial charge on any atom is 0.205 e. The van der Waals surface area contributed by atoms with Crippen LogP contribution in [0.2, 0.25) is 0 Å². The van der Waals surface area contributed by atoms with E-state index in [1.807, 2.05) is 34.9 Å². The molecule has 0 amide bonds. The quantitative estimate of drug-likeness (QED) is 0.442. The van der Waals surface area contributed by atoms with E-state index in [0.717, 1.165) is 17.0 Å². The van der Waals surface area contributed by atoms with Gasteiger partial charge in [-0.05, 0) is 54.1 Å². The number of hydrogen-bond acceptors (Lipinski definition) is 5. The van der Waals surface area contributed by atoms with Crippen molar-refractivity contribution in [2.24, 2.45) is 0 Å². The molecule has 0 unspecified atom stereocenters. The molecule has 5 nitrogen and oxygen atoms in total. The van der Waals surface area contributed by atoms with Gasteiger partial charge in [-0.25, -0.2) is 4.39 Å². The average molecular weight is 381 g/mol. The monoisotopic (exact) mass is 381 g/mol. The van der Waals surface area contributed by atoms with Gasteiger partial charge in [-0.3, -0.25) is 4.57 Å². The van der Waals surface area contributed by atoms with Crippen molar-refractivity contribution in [3.63, 3.8) is 0 Å². The fourth-order valence-electron chi connectivity index (χ4n) is 2.66. The Morgan fingerprint density at radius 2 is 1.93 bits per heavy atom. The third-order valence-corrected chi connectivity index (χ3v) is 4.96. The summed E-state index contributed by atoms with van der Waals surface area (Å²) in [5.74, 6) is 2.37. The van der Waals surface area contributed by atoms with E-state index in [1.165, 1.54) is 23.9 Å². The van der Waals surface area contributed by atoms with Crippen LogP contribution in [-0.4, -0.2) is 21.9 Å². The molecule has 0 saturated carbocycles. The van der Waals surface area contributed by atoms with Gasteiger partial charge in [-0.1, -0.05) is 23.9 Å². The number of furan rings is 1. The van der Waals surface area contributed by atoms with Gasteiger partial charge in [-0.2, -0.15) is 0 Å². The predicted molar refractivity (Wildman–Crippen MR) is 102 cm³/mol. The molecule has 136 valence electrons. The Bertz CT molecular complexity index is 1030. The van der Waals surface area contributed by atoms with Gasteiger partial charge in [0.2, 0.25) is 5.82 Å². The molecule has 0 bridgehead atoms. The normalized spacial score (nSPS) is 10.9. The first-order valence-corrected chi connectivity index (χ1v) is 9.24. The number of thioether (sulfide) groups is 1. The molecule has 4 aromatic rings. The van der Waals surface area contributed by atoms with Crippen LogP contribution >= 0.6 is 11.8 Å². The molecular formula is C20H16FN3O2S. The minimum atomic E-state index is -0.294. The van der Waals surface area contributed by atoms with Crippen molar-refractivity contribution in [1.82, 2.24) is 14.8 Å². The Morgan fingerprint density at radius 3 is 2.67 bits per heavy atom. The Kier molecular flexibility index (Phi) is 4.93. The summed E-state index contributed by atoms with van der Waals surface area (Å²) in [4.78, 5) is 0. The molecule has 0 radical (unpaired) electrons. The third-order valence-electron chi connectivity index (χ3n) is 3.96. The van der Waals surface area contributed by atoms with E-state index >= 15 is 0 Å². The second-order valence-corrected chi connectivity index (χ2v) is 6.68. The number of hydrogen-bond donors (Lipinski definition) is 0. The lowest BCUT2D eigenvalue weighted by Crippen LogP contribution is -1.99. The van der Waals surface area contributed by atoms with Crippen molar-refractivity contribution in [2.45, 2.75) is 10.9 Å². The summed E-state index contributed by atoms with van der Waals surface area (Å²) < 4.78 is 26.0. The van der Waals surface area contributed by atoms with E-state index in [4.69, 9.17) is 9.15 Å². The maximum absolute atomic E-state index is 13.4. The summed E-state index contributed by atoms with van der Waals surface area (Å²) in [5, 5.41) is 9.29. The standard InChI is InChI=1S/C20H16FN3O2S/c1-25-17-5-2-4-14(12-17)13-27-20-23-22-19(18-6-3-11-26-18)24(20)16-9-7-15(21)8-10-16/h2-12H,13H2,1H3. The van der Waals surface area contributed by atoms with Crippen LogP contribution in [0.4, 0.5) is 4.39 Å². The maximum atomic E-state index is 13.4. The van der Waals surface area contributed by atoms with Crippen molar-refractivity contribution < 1.29 is 13.5 Å². The lowest BCUT2D eigenvalue weighted by atomic mass is 10.2. The lowest BCUT2D eigenvalue weighted by Gasteiger charge is -2.09. The zero-order valence-corrected chi connectivity index (χ0v) is 15.3. The van der Waals surface area contributed by atoms with Crippen LogP contribution in [-0.2, 0) is 5.75 Å². The van der Waals surface area contributed by atoms with E-state index in [-0.39, 0.29) is 5.82 Å². The van der Waals surface area contributed by atoms with E-state index < -0.39 is 0 Å². The van der Waals surface area contributed by atoms with Crippen LogP contribution < -0.4 is 4.74 Å². The van der Waals surface area contributed by atoms with Crippen molar-refractivity contribution in [3.05, 3.63) is 78.3 Å². The summed E-state index contributed by atoms with van der Waals surface area (Å²) in [5.41, 5.74) is 1.87. The summed E-state index contributed by atoms with van der Waals surface area (Å²) >= 11 is 1.53. The Balaban J connectivity index is 1.68. The number of methoxy groups -OCH3 is 1. The minimum Gasteiger partial charge on any atom is -0.497 e. The lowest BCUT2D eigenvalue weighted by molar-refractivity contribution is 0.414. The van der Waals surface area contributed by atoms with Gasteiger partial charge in [0.25, 0.3) is 0 Å².